The fourth-order valence-corrected chi connectivity index (χ4v) is 2.76. The molecule has 3 heteroatoms. The van der Waals surface area contributed by atoms with E-state index in [1.165, 1.54) is 0 Å². The van der Waals surface area contributed by atoms with Crippen LogP contribution in [0.4, 0.5) is 0 Å². The van der Waals surface area contributed by atoms with Crippen molar-refractivity contribution in [1.82, 2.24) is 4.40 Å². The molecular weight excluding hydrogens is 270 g/mol. The summed E-state index contributed by atoms with van der Waals surface area (Å²) in [6.45, 7) is 4.05. The number of rotatable bonds is 2. The number of carbonyl (C=O) groups excluding carboxylic acids is 1. The first-order valence-electron chi connectivity index (χ1n) is 6.44. The van der Waals surface area contributed by atoms with Crippen molar-refractivity contribution in [1.29, 1.82) is 0 Å². The average Bonchev–Trinajstić information content (AvgIpc) is 2.81. The molecule has 0 fully saturated rings. The highest BCUT2D eigenvalue weighted by Crippen LogP contribution is 2.33. The van der Waals surface area contributed by atoms with Crippen molar-refractivity contribution < 1.29 is 4.79 Å². The number of aromatic nitrogens is 1. The van der Waals surface area contributed by atoms with Gasteiger partial charge in [0.25, 0.3) is 0 Å². The highest BCUT2D eigenvalue weighted by molar-refractivity contribution is 6.33. The Balaban J connectivity index is 2.39. The van der Waals surface area contributed by atoms with Crippen LogP contribution in [0.15, 0.2) is 42.6 Å². The molecule has 0 N–H and O–H groups in total. The van der Waals surface area contributed by atoms with Gasteiger partial charge in [0, 0.05) is 27.9 Å². The molecule has 2 aromatic heterocycles. The van der Waals surface area contributed by atoms with Crippen molar-refractivity contribution in [2.24, 2.45) is 0 Å². The van der Waals surface area contributed by atoms with Gasteiger partial charge >= 0.3 is 0 Å². The second-order valence-corrected chi connectivity index (χ2v) is 5.40. The van der Waals surface area contributed by atoms with Crippen LogP contribution in [-0.4, -0.2) is 10.7 Å². The number of pyridine rings is 1. The molecule has 100 valence electrons. The first kappa shape index (κ1) is 12.9. The number of nitrogens with zero attached hydrogens (tertiary/aromatic N) is 1. The number of carbonyl (C=O) groups is 1. The smallest absolute Gasteiger partial charge is 0.167 e. The molecule has 1 aromatic carbocycles. The first-order valence-corrected chi connectivity index (χ1v) is 6.82. The Morgan fingerprint density at radius 1 is 1.10 bits per heavy atom. The molecule has 2 nitrogen and oxygen atoms in total. The topological polar surface area (TPSA) is 21.5 Å². The van der Waals surface area contributed by atoms with E-state index < -0.39 is 0 Å². The van der Waals surface area contributed by atoms with Gasteiger partial charge in [0.15, 0.2) is 6.29 Å². The maximum Gasteiger partial charge on any atom is 0.167 e. The summed E-state index contributed by atoms with van der Waals surface area (Å²) in [5.41, 5.74) is 5.69. The summed E-state index contributed by atoms with van der Waals surface area (Å²) in [5, 5.41) is 0.659. The van der Waals surface area contributed by atoms with Crippen molar-refractivity contribution in [3.63, 3.8) is 0 Å². The lowest BCUT2D eigenvalue weighted by Crippen LogP contribution is -1.93. The van der Waals surface area contributed by atoms with Gasteiger partial charge in [0.1, 0.15) is 0 Å². The summed E-state index contributed by atoms with van der Waals surface area (Å²) in [7, 11) is 0. The molecule has 0 radical (unpaired) electrons. The van der Waals surface area contributed by atoms with Crippen molar-refractivity contribution in [2.45, 2.75) is 13.8 Å². The third kappa shape index (κ3) is 1.93. The van der Waals surface area contributed by atoms with Crippen LogP contribution in [-0.2, 0) is 0 Å². The van der Waals surface area contributed by atoms with Crippen LogP contribution in [0, 0.1) is 13.8 Å². The van der Waals surface area contributed by atoms with Crippen LogP contribution in [0.2, 0.25) is 5.02 Å². The molecule has 0 aliphatic heterocycles. The molecule has 0 amide bonds. The summed E-state index contributed by atoms with van der Waals surface area (Å²) in [4.78, 5) is 11.5. The van der Waals surface area contributed by atoms with Gasteiger partial charge in [-0.1, -0.05) is 29.3 Å². The number of fused-ring (bicyclic) bond motifs is 1. The lowest BCUT2D eigenvalue weighted by molar-refractivity contribution is 0.111. The molecule has 0 bridgehead atoms. The lowest BCUT2D eigenvalue weighted by atomic mass is 10.0. The minimum absolute atomic E-state index is 0.635. The molecule has 0 aliphatic carbocycles. The summed E-state index contributed by atoms with van der Waals surface area (Å²) in [5.74, 6) is 0. The van der Waals surface area contributed by atoms with Gasteiger partial charge in [-0.05, 0) is 43.7 Å². The van der Waals surface area contributed by atoms with Gasteiger partial charge in [0.2, 0.25) is 0 Å². The van der Waals surface area contributed by atoms with Crippen LogP contribution in [0.1, 0.15) is 21.6 Å². The predicted molar refractivity (Wildman–Crippen MR) is 82.7 cm³/mol. The Morgan fingerprint density at radius 3 is 2.65 bits per heavy atom. The van der Waals surface area contributed by atoms with Crippen molar-refractivity contribution in [3.8, 4) is 11.1 Å². The highest BCUT2D eigenvalue weighted by atomic mass is 35.5. The monoisotopic (exact) mass is 283 g/mol. The standard InChI is InChI=1S/C17H14ClNO/c1-11-5-6-15(18)13(8-11)14-9-16-12(2)4-3-7-19(16)17(14)10-20/h3-10H,1-2H3. The maximum absolute atomic E-state index is 11.5. The number of aryl methyl sites for hydroxylation is 2. The molecular formula is C17H14ClNO. The largest absolute Gasteiger partial charge is 0.313 e. The Hall–Kier alpha value is -2.06. The van der Waals surface area contributed by atoms with E-state index in [1.54, 1.807) is 0 Å². The van der Waals surface area contributed by atoms with Crippen molar-refractivity contribution in [3.05, 3.63) is 64.4 Å². The SMILES string of the molecule is Cc1ccc(Cl)c(-c2cc3c(C)cccn3c2C=O)c1. The summed E-state index contributed by atoms with van der Waals surface area (Å²) in [6, 6.07) is 11.9. The van der Waals surface area contributed by atoms with E-state index in [2.05, 4.69) is 0 Å². The van der Waals surface area contributed by atoms with Gasteiger partial charge in [-0.15, -0.1) is 0 Å². The number of aldehydes is 1. The molecule has 20 heavy (non-hydrogen) atoms. The van der Waals surface area contributed by atoms with E-state index >= 15 is 0 Å². The zero-order valence-electron chi connectivity index (χ0n) is 11.4. The fraction of sp³-hybridized carbons (Fsp3) is 0.118. The molecule has 3 rings (SSSR count). The zero-order valence-corrected chi connectivity index (χ0v) is 12.1. The number of halogens is 1. The van der Waals surface area contributed by atoms with Crippen LogP contribution in [0.3, 0.4) is 0 Å². The Labute approximate surface area is 122 Å². The molecule has 3 aromatic rings. The van der Waals surface area contributed by atoms with Crippen LogP contribution < -0.4 is 0 Å². The number of benzene rings is 1. The third-order valence-electron chi connectivity index (χ3n) is 3.59. The molecule has 0 atom stereocenters. The van der Waals surface area contributed by atoms with E-state index in [4.69, 9.17) is 11.6 Å². The molecule has 0 unspecified atom stereocenters. The minimum Gasteiger partial charge on any atom is -0.313 e. The van der Waals surface area contributed by atoms with E-state index in [9.17, 15) is 4.79 Å². The Bertz CT molecular complexity index is 817. The molecule has 2 heterocycles. The van der Waals surface area contributed by atoms with Crippen LogP contribution in [0.25, 0.3) is 16.6 Å². The van der Waals surface area contributed by atoms with Crippen molar-refractivity contribution >= 4 is 23.4 Å². The lowest BCUT2D eigenvalue weighted by Gasteiger charge is -2.05. The maximum atomic E-state index is 11.5. The quantitative estimate of drug-likeness (QED) is 0.625. The summed E-state index contributed by atoms with van der Waals surface area (Å²) in [6.07, 6.45) is 2.79. The highest BCUT2D eigenvalue weighted by Gasteiger charge is 2.14. The normalized spacial score (nSPS) is 10.9. The van der Waals surface area contributed by atoms with Gasteiger partial charge in [-0.2, -0.15) is 0 Å². The van der Waals surface area contributed by atoms with Gasteiger partial charge < -0.3 is 4.40 Å². The second kappa shape index (κ2) is 4.80. The zero-order chi connectivity index (χ0) is 14.3. The molecule has 0 aliphatic rings. The van der Waals surface area contributed by atoms with Gasteiger partial charge in [0.05, 0.1) is 5.69 Å². The van der Waals surface area contributed by atoms with Crippen LogP contribution >= 0.6 is 11.6 Å². The minimum atomic E-state index is 0.635. The van der Waals surface area contributed by atoms with Gasteiger partial charge in [-0.25, -0.2) is 0 Å². The molecule has 0 spiro atoms. The average molecular weight is 284 g/mol. The molecule has 0 saturated heterocycles. The Kier molecular flexibility index (Phi) is 3.11. The predicted octanol–water partition coefficient (Wildman–Crippen LogP) is 4.69. The third-order valence-corrected chi connectivity index (χ3v) is 3.91. The second-order valence-electron chi connectivity index (χ2n) is 4.99. The number of hydrogen-bond acceptors (Lipinski definition) is 1. The van der Waals surface area contributed by atoms with E-state index in [1.807, 2.05) is 60.8 Å². The first-order chi connectivity index (χ1) is 9.61. The fourth-order valence-electron chi connectivity index (χ4n) is 2.54. The van der Waals surface area contributed by atoms with Crippen LogP contribution in [0.5, 0.6) is 0 Å². The van der Waals surface area contributed by atoms with E-state index in [0.29, 0.717) is 10.7 Å². The summed E-state index contributed by atoms with van der Waals surface area (Å²) < 4.78 is 1.91. The Morgan fingerprint density at radius 2 is 1.90 bits per heavy atom. The summed E-state index contributed by atoms with van der Waals surface area (Å²) >= 11 is 6.30. The van der Waals surface area contributed by atoms with E-state index in [-0.39, 0.29) is 0 Å². The van der Waals surface area contributed by atoms with E-state index in [0.717, 1.165) is 34.1 Å². The van der Waals surface area contributed by atoms with Crippen molar-refractivity contribution in [2.75, 3.05) is 0 Å². The van der Waals surface area contributed by atoms with Gasteiger partial charge in [-0.3, -0.25) is 4.79 Å². The molecule has 0 saturated carbocycles. The number of hydrogen-bond donors (Lipinski definition) is 0.